The lowest BCUT2D eigenvalue weighted by Gasteiger charge is -2.08. The first-order valence-electron chi connectivity index (χ1n) is 8.37. The fourth-order valence-corrected chi connectivity index (χ4v) is 4.66. The Morgan fingerprint density at radius 1 is 1.21 bits per heavy atom. The molecule has 2 heterocycles. The lowest BCUT2D eigenvalue weighted by atomic mass is 10.0. The molecular formula is C21H15BrN2O3S. The van der Waals surface area contributed by atoms with Crippen LogP contribution in [0.2, 0.25) is 0 Å². The van der Waals surface area contributed by atoms with Crippen LogP contribution >= 0.6 is 15.9 Å². The molecule has 0 saturated heterocycles. The fraction of sp³-hybridized carbons (Fsp3) is 0.0952. The van der Waals surface area contributed by atoms with Crippen molar-refractivity contribution in [3.63, 3.8) is 0 Å². The second-order valence-electron chi connectivity index (χ2n) is 6.23. The van der Waals surface area contributed by atoms with Crippen LogP contribution in [0.15, 0.2) is 81.5 Å². The Labute approximate surface area is 171 Å². The Balaban J connectivity index is 2.02. The second kappa shape index (κ2) is 6.97. The number of fused-ring (bicyclic) bond motifs is 1. The van der Waals surface area contributed by atoms with Crippen molar-refractivity contribution in [2.75, 3.05) is 7.11 Å². The molecule has 1 aliphatic carbocycles. The van der Waals surface area contributed by atoms with E-state index in [1.807, 2.05) is 13.0 Å². The molecule has 4 rings (SSSR count). The molecule has 1 aromatic carbocycles. The summed E-state index contributed by atoms with van der Waals surface area (Å²) in [5, 5.41) is 0.666. The summed E-state index contributed by atoms with van der Waals surface area (Å²) in [6.45, 7) is 1.91. The third-order valence-corrected chi connectivity index (χ3v) is 6.51. The summed E-state index contributed by atoms with van der Waals surface area (Å²) in [4.78, 5) is 4.56. The van der Waals surface area contributed by atoms with Crippen LogP contribution in [-0.4, -0.2) is 24.5 Å². The summed E-state index contributed by atoms with van der Waals surface area (Å²) in [6.07, 6.45) is 6.58. The van der Waals surface area contributed by atoms with Gasteiger partial charge in [0.25, 0.3) is 10.0 Å². The Morgan fingerprint density at radius 2 is 1.96 bits per heavy atom. The molecule has 1 aliphatic rings. The van der Waals surface area contributed by atoms with Gasteiger partial charge in [-0.25, -0.2) is 17.4 Å². The van der Waals surface area contributed by atoms with E-state index in [1.54, 1.807) is 55.9 Å². The number of aromatic nitrogens is 2. The summed E-state index contributed by atoms with van der Waals surface area (Å²) >= 11 is 3.42. The van der Waals surface area contributed by atoms with Gasteiger partial charge in [0, 0.05) is 27.8 Å². The number of allylic oxidation sites excluding steroid dienone is 3. The van der Waals surface area contributed by atoms with Crippen LogP contribution in [-0.2, 0) is 14.8 Å². The second-order valence-corrected chi connectivity index (χ2v) is 8.96. The number of halogens is 1. The topological polar surface area (TPSA) is 61.2 Å². The first kappa shape index (κ1) is 18.5. The molecule has 2 aromatic heterocycles. The van der Waals surface area contributed by atoms with Crippen LogP contribution in [0.4, 0.5) is 0 Å². The molecule has 0 bridgehead atoms. The summed E-state index contributed by atoms with van der Waals surface area (Å²) in [5.74, 6) is 0.575. The van der Waals surface area contributed by atoms with Gasteiger partial charge in [-0.1, -0.05) is 29.2 Å². The van der Waals surface area contributed by atoms with Crippen molar-refractivity contribution < 1.29 is 13.2 Å². The van der Waals surface area contributed by atoms with E-state index in [9.17, 15) is 8.42 Å². The minimum absolute atomic E-state index is 0.196. The van der Waals surface area contributed by atoms with Gasteiger partial charge in [0.2, 0.25) is 0 Å². The van der Waals surface area contributed by atoms with Gasteiger partial charge in [-0.2, -0.15) is 0 Å². The summed E-state index contributed by atoms with van der Waals surface area (Å²) in [6, 6.07) is 8.56. The standard InChI is InChI=1S/C21H15BrN2O3S/c1-14-7-9-16(10-8-14)28(25,26)24-13-19(17-5-3-4-6-20(17)27-2)18-11-15(22)12-23-21(18)24/h4,6-13H,1-2H3. The predicted molar refractivity (Wildman–Crippen MR) is 111 cm³/mol. The van der Waals surface area contributed by atoms with Crippen LogP contribution in [0, 0.1) is 6.92 Å². The van der Waals surface area contributed by atoms with Crippen molar-refractivity contribution in [1.29, 1.82) is 0 Å². The Morgan fingerprint density at radius 3 is 2.68 bits per heavy atom. The highest BCUT2D eigenvalue weighted by atomic mass is 79.9. The Bertz CT molecular complexity index is 1340. The van der Waals surface area contributed by atoms with Crippen molar-refractivity contribution in [3.05, 3.63) is 87.7 Å². The van der Waals surface area contributed by atoms with Crippen LogP contribution in [0.1, 0.15) is 11.1 Å². The average molecular weight is 455 g/mol. The highest BCUT2D eigenvalue weighted by Gasteiger charge is 2.25. The molecule has 0 N–H and O–H groups in total. The molecule has 140 valence electrons. The molecule has 0 fully saturated rings. The molecule has 0 unspecified atom stereocenters. The number of methoxy groups -OCH3 is 1. The highest BCUT2D eigenvalue weighted by Crippen LogP contribution is 2.34. The van der Waals surface area contributed by atoms with Gasteiger partial charge < -0.3 is 4.74 Å². The first-order chi connectivity index (χ1) is 13.4. The van der Waals surface area contributed by atoms with Crippen molar-refractivity contribution in [2.24, 2.45) is 0 Å². The zero-order valence-electron chi connectivity index (χ0n) is 15.1. The van der Waals surface area contributed by atoms with Crippen molar-refractivity contribution >= 4 is 42.6 Å². The number of nitrogens with zero attached hydrogens (tertiary/aromatic N) is 2. The maximum absolute atomic E-state index is 13.3. The van der Waals surface area contributed by atoms with Gasteiger partial charge >= 0.3 is 0 Å². The van der Waals surface area contributed by atoms with E-state index in [0.717, 1.165) is 10.0 Å². The number of pyridine rings is 1. The highest BCUT2D eigenvalue weighted by molar-refractivity contribution is 9.10. The van der Waals surface area contributed by atoms with Gasteiger partial charge in [0.15, 0.2) is 5.65 Å². The molecular weight excluding hydrogens is 440 g/mol. The van der Waals surface area contributed by atoms with Crippen molar-refractivity contribution in [3.8, 4) is 0 Å². The first-order valence-corrected chi connectivity index (χ1v) is 10.6. The third-order valence-electron chi connectivity index (χ3n) is 4.41. The van der Waals surface area contributed by atoms with Gasteiger partial charge in [0.05, 0.1) is 17.6 Å². The molecule has 0 saturated carbocycles. The molecule has 0 spiro atoms. The van der Waals surface area contributed by atoms with E-state index in [0.29, 0.717) is 27.9 Å². The van der Waals surface area contributed by atoms with E-state index in [4.69, 9.17) is 4.74 Å². The van der Waals surface area contributed by atoms with Gasteiger partial charge in [-0.05, 0) is 53.2 Å². The maximum Gasteiger partial charge on any atom is 0.269 e. The zero-order valence-corrected chi connectivity index (χ0v) is 17.5. The third kappa shape index (κ3) is 3.05. The molecule has 7 heteroatoms. The number of benzene rings is 1. The number of ether oxygens (including phenoxy) is 1. The van der Waals surface area contributed by atoms with Gasteiger partial charge in [0.1, 0.15) is 5.76 Å². The van der Waals surface area contributed by atoms with Crippen molar-refractivity contribution in [2.45, 2.75) is 11.8 Å². The molecule has 0 atom stereocenters. The zero-order chi connectivity index (χ0) is 19.9. The van der Waals surface area contributed by atoms with Crippen LogP contribution in [0.3, 0.4) is 0 Å². The minimum Gasteiger partial charge on any atom is -0.495 e. The number of aryl methyl sites for hydroxylation is 1. The van der Waals surface area contributed by atoms with Crippen LogP contribution in [0.5, 0.6) is 0 Å². The van der Waals surface area contributed by atoms with Gasteiger partial charge in [-0.3, -0.25) is 0 Å². The SMILES string of the molecule is COC1=CC=C=C=C1c1cn(S(=O)(=O)c2ccc(C)cc2)c2ncc(Br)cc12. The van der Waals surface area contributed by atoms with Crippen LogP contribution < -0.4 is 0 Å². The fourth-order valence-electron chi connectivity index (χ4n) is 3.01. The quantitative estimate of drug-likeness (QED) is 0.541. The predicted octanol–water partition coefficient (Wildman–Crippen LogP) is 4.58. The van der Waals surface area contributed by atoms with Gasteiger partial charge in [-0.15, -0.1) is 0 Å². The van der Waals surface area contributed by atoms with E-state index in [-0.39, 0.29) is 4.90 Å². The summed E-state index contributed by atoms with van der Waals surface area (Å²) < 4.78 is 34.0. The average Bonchev–Trinajstić information content (AvgIpc) is 3.07. The smallest absolute Gasteiger partial charge is 0.269 e. The molecule has 5 nitrogen and oxygen atoms in total. The molecule has 0 aliphatic heterocycles. The van der Waals surface area contributed by atoms with E-state index < -0.39 is 10.0 Å². The molecule has 0 radical (unpaired) electrons. The monoisotopic (exact) mass is 454 g/mol. The summed E-state index contributed by atoms with van der Waals surface area (Å²) in [5.41, 5.74) is 8.51. The van der Waals surface area contributed by atoms with Crippen molar-refractivity contribution in [1.82, 2.24) is 8.96 Å². The number of rotatable bonds is 4. The Hall–Kier alpha value is -2.82. The summed E-state index contributed by atoms with van der Waals surface area (Å²) in [7, 11) is -2.27. The number of hydrogen-bond donors (Lipinski definition) is 0. The normalized spacial score (nSPS) is 13.5. The minimum atomic E-state index is -3.83. The molecule has 0 amide bonds. The Kier molecular flexibility index (Phi) is 4.61. The van der Waals surface area contributed by atoms with E-state index >= 15 is 0 Å². The van der Waals surface area contributed by atoms with E-state index in [2.05, 4.69) is 32.4 Å². The molecule has 3 aromatic rings. The largest absolute Gasteiger partial charge is 0.495 e. The lowest BCUT2D eigenvalue weighted by Crippen LogP contribution is -2.12. The maximum atomic E-state index is 13.3. The molecule has 28 heavy (non-hydrogen) atoms. The number of hydrogen-bond acceptors (Lipinski definition) is 4. The van der Waals surface area contributed by atoms with Crippen LogP contribution in [0.25, 0.3) is 16.6 Å². The lowest BCUT2D eigenvalue weighted by molar-refractivity contribution is 0.311. The van der Waals surface area contributed by atoms with E-state index in [1.165, 1.54) is 3.97 Å².